The van der Waals surface area contributed by atoms with Gasteiger partial charge in [-0.3, -0.25) is 4.79 Å². The summed E-state index contributed by atoms with van der Waals surface area (Å²) < 4.78 is 5.14. The molecule has 16 heavy (non-hydrogen) atoms. The molecular formula is C11H15N3O2. The number of nitriles is 1. The van der Waals surface area contributed by atoms with Crippen LogP contribution >= 0.6 is 0 Å². The molecule has 1 aliphatic rings. The first-order valence-corrected chi connectivity index (χ1v) is 5.03. The van der Waals surface area contributed by atoms with Gasteiger partial charge in [0.05, 0.1) is 18.3 Å². The maximum atomic E-state index is 11.7. The predicted molar refractivity (Wildman–Crippen MR) is 59.5 cm³/mol. The van der Waals surface area contributed by atoms with Gasteiger partial charge in [0.15, 0.2) is 5.92 Å². The summed E-state index contributed by atoms with van der Waals surface area (Å²) in [7, 11) is 0. The quantitative estimate of drug-likeness (QED) is 0.705. The summed E-state index contributed by atoms with van der Waals surface area (Å²) in [5.74, 6) is -1.54. The molecule has 0 fully saturated rings. The maximum absolute atomic E-state index is 11.7. The van der Waals surface area contributed by atoms with Gasteiger partial charge in [0.25, 0.3) is 0 Å². The minimum absolute atomic E-state index is 0.392. The molecule has 5 heteroatoms. The molecule has 1 unspecified atom stereocenters. The van der Waals surface area contributed by atoms with Gasteiger partial charge in [-0.05, 0) is 26.8 Å². The van der Waals surface area contributed by atoms with E-state index in [0.29, 0.717) is 12.3 Å². The third-order valence-corrected chi connectivity index (χ3v) is 1.77. The van der Waals surface area contributed by atoms with Crippen LogP contribution in [-0.2, 0) is 9.53 Å². The van der Waals surface area contributed by atoms with E-state index in [0.717, 1.165) is 0 Å². The van der Waals surface area contributed by atoms with E-state index < -0.39 is 17.5 Å². The third kappa shape index (κ3) is 3.39. The summed E-state index contributed by atoms with van der Waals surface area (Å²) in [5.41, 5.74) is 2.50. The van der Waals surface area contributed by atoms with Crippen LogP contribution in [0.25, 0.3) is 0 Å². The van der Waals surface area contributed by atoms with Crippen LogP contribution in [0.1, 0.15) is 20.8 Å². The lowest BCUT2D eigenvalue weighted by atomic mass is 10.0. The van der Waals surface area contributed by atoms with Gasteiger partial charge in [0.1, 0.15) is 5.60 Å². The van der Waals surface area contributed by atoms with E-state index in [4.69, 9.17) is 10.00 Å². The van der Waals surface area contributed by atoms with Crippen LogP contribution in [0.5, 0.6) is 0 Å². The van der Waals surface area contributed by atoms with Crippen LogP contribution < -0.4 is 5.43 Å². The number of hydrogen-bond acceptors (Lipinski definition) is 5. The number of carbonyl (C=O) groups is 1. The van der Waals surface area contributed by atoms with E-state index in [1.165, 1.54) is 0 Å². The highest BCUT2D eigenvalue weighted by Gasteiger charge is 2.28. The first-order chi connectivity index (χ1) is 7.44. The predicted octanol–water partition coefficient (Wildman–Crippen LogP) is 0.983. The molecule has 5 nitrogen and oxygen atoms in total. The summed E-state index contributed by atoms with van der Waals surface area (Å²) in [6.07, 6.45) is 3.46. The van der Waals surface area contributed by atoms with Crippen molar-refractivity contribution in [1.29, 1.82) is 5.26 Å². The van der Waals surface area contributed by atoms with Crippen molar-refractivity contribution in [3.05, 3.63) is 12.2 Å². The molecule has 0 saturated carbocycles. The highest BCUT2D eigenvalue weighted by molar-refractivity contribution is 6.10. The van der Waals surface area contributed by atoms with Crippen molar-refractivity contribution in [2.75, 3.05) is 6.54 Å². The first-order valence-electron chi connectivity index (χ1n) is 5.03. The number of ether oxygens (including phenoxy) is 1. The van der Waals surface area contributed by atoms with Crippen molar-refractivity contribution >= 4 is 11.7 Å². The van der Waals surface area contributed by atoms with Gasteiger partial charge in [-0.25, -0.2) is 0 Å². The van der Waals surface area contributed by atoms with Crippen LogP contribution in [0.15, 0.2) is 17.3 Å². The molecule has 1 atom stereocenters. The molecule has 0 aliphatic carbocycles. The zero-order chi connectivity index (χ0) is 12.2. The molecule has 0 aromatic rings. The van der Waals surface area contributed by atoms with Gasteiger partial charge < -0.3 is 10.2 Å². The lowest BCUT2D eigenvalue weighted by Crippen LogP contribution is -2.33. The van der Waals surface area contributed by atoms with E-state index in [2.05, 4.69) is 10.5 Å². The average molecular weight is 221 g/mol. The Labute approximate surface area is 94.8 Å². The molecule has 0 aromatic heterocycles. The van der Waals surface area contributed by atoms with Crippen LogP contribution in [-0.4, -0.2) is 23.8 Å². The molecule has 1 rings (SSSR count). The summed E-state index contributed by atoms with van der Waals surface area (Å²) >= 11 is 0. The van der Waals surface area contributed by atoms with E-state index in [1.807, 2.05) is 6.07 Å². The van der Waals surface area contributed by atoms with Gasteiger partial charge >= 0.3 is 5.97 Å². The number of carbonyl (C=O) groups excluding carboxylic acids is 1. The first kappa shape index (κ1) is 12.2. The molecule has 1 N–H and O–H groups in total. The molecular weight excluding hydrogens is 206 g/mol. The Morgan fingerprint density at radius 3 is 2.81 bits per heavy atom. The molecule has 1 heterocycles. The number of nitrogens with one attached hydrogen (secondary N) is 1. The topological polar surface area (TPSA) is 74.5 Å². The van der Waals surface area contributed by atoms with Gasteiger partial charge in [-0.15, -0.1) is 0 Å². The molecule has 0 saturated heterocycles. The van der Waals surface area contributed by atoms with Gasteiger partial charge in [-0.1, -0.05) is 6.08 Å². The molecule has 0 bridgehead atoms. The summed E-state index contributed by atoms with van der Waals surface area (Å²) in [5, 5.41) is 12.9. The largest absolute Gasteiger partial charge is 0.459 e. The molecule has 1 aliphatic heterocycles. The standard InChI is InChI=1S/C11H15N3O2/c1-11(2,3)16-10(15)8(7-12)9-5-4-6-13-14-9/h4-5,8,13H,6H2,1-3H3. The van der Waals surface area contributed by atoms with Crippen molar-refractivity contribution in [3.63, 3.8) is 0 Å². The molecule has 86 valence electrons. The summed E-state index contributed by atoms with van der Waals surface area (Å²) in [6.45, 7) is 5.89. The van der Waals surface area contributed by atoms with Crippen molar-refractivity contribution in [3.8, 4) is 6.07 Å². The number of rotatable bonds is 2. The van der Waals surface area contributed by atoms with E-state index in [9.17, 15) is 4.79 Å². The van der Waals surface area contributed by atoms with Crippen LogP contribution in [0.2, 0.25) is 0 Å². The summed E-state index contributed by atoms with van der Waals surface area (Å²) in [4.78, 5) is 11.7. The number of nitrogens with zero attached hydrogens (tertiary/aromatic N) is 2. The molecule has 0 amide bonds. The fourth-order valence-corrected chi connectivity index (χ4v) is 1.17. The number of esters is 1. The minimum Gasteiger partial charge on any atom is -0.459 e. The lowest BCUT2D eigenvalue weighted by molar-refractivity contribution is -0.155. The molecule has 0 aromatic carbocycles. The Bertz CT molecular complexity index is 372. The SMILES string of the molecule is CC(C)(C)OC(=O)C(C#N)C1=NNCC=C1. The van der Waals surface area contributed by atoms with Crippen molar-refractivity contribution in [2.45, 2.75) is 26.4 Å². The minimum atomic E-state index is -0.969. The normalized spacial score (nSPS) is 16.8. The van der Waals surface area contributed by atoms with Gasteiger partial charge in [-0.2, -0.15) is 10.4 Å². The van der Waals surface area contributed by atoms with E-state index in [1.54, 1.807) is 32.9 Å². The van der Waals surface area contributed by atoms with E-state index >= 15 is 0 Å². The smallest absolute Gasteiger partial charge is 0.330 e. The zero-order valence-corrected chi connectivity index (χ0v) is 9.65. The Hall–Kier alpha value is -1.83. The molecule has 0 radical (unpaired) electrons. The number of allylic oxidation sites excluding steroid dienone is 1. The van der Waals surface area contributed by atoms with Crippen molar-refractivity contribution in [2.24, 2.45) is 11.0 Å². The third-order valence-electron chi connectivity index (χ3n) is 1.77. The fourth-order valence-electron chi connectivity index (χ4n) is 1.17. The second kappa shape index (κ2) is 4.79. The second-order valence-electron chi connectivity index (χ2n) is 4.40. The highest BCUT2D eigenvalue weighted by atomic mass is 16.6. The monoisotopic (exact) mass is 221 g/mol. The van der Waals surface area contributed by atoms with Gasteiger partial charge in [0.2, 0.25) is 0 Å². The lowest BCUT2D eigenvalue weighted by Gasteiger charge is -2.21. The Morgan fingerprint density at radius 1 is 1.69 bits per heavy atom. The average Bonchev–Trinajstić information content (AvgIpc) is 2.17. The Kier molecular flexibility index (Phi) is 3.67. The second-order valence-corrected chi connectivity index (χ2v) is 4.40. The highest BCUT2D eigenvalue weighted by Crippen LogP contribution is 2.13. The summed E-state index contributed by atoms with van der Waals surface area (Å²) in [6, 6.07) is 1.90. The Balaban J connectivity index is 2.76. The van der Waals surface area contributed by atoms with E-state index in [-0.39, 0.29) is 0 Å². The maximum Gasteiger partial charge on any atom is 0.330 e. The number of hydrazone groups is 1. The zero-order valence-electron chi connectivity index (χ0n) is 9.65. The Morgan fingerprint density at radius 2 is 2.38 bits per heavy atom. The van der Waals surface area contributed by atoms with Crippen LogP contribution in [0.3, 0.4) is 0 Å². The van der Waals surface area contributed by atoms with Crippen LogP contribution in [0, 0.1) is 17.2 Å². The molecule has 0 spiro atoms. The van der Waals surface area contributed by atoms with Crippen LogP contribution in [0.4, 0.5) is 0 Å². The van der Waals surface area contributed by atoms with Crippen molar-refractivity contribution < 1.29 is 9.53 Å². The van der Waals surface area contributed by atoms with Crippen molar-refractivity contribution in [1.82, 2.24) is 5.43 Å². The van der Waals surface area contributed by atoms with Gasteiger partial charge in [0, 0.05) is 0 Å². The number of hydrogen-bond donors (Lipinski definition) is 1. The fraction of sp³-hybridized carbons (Fsp3) is 0.545.